The Morgan fingerprint density at radius 1 is 1.04 bits per heavy atom. The summed E-state index contributed by atoms with van der Waals surface area (Å²) in [6.45, 7) is 0.266. The van der Waals surface area contributed by atoms with E-state index >= 15 is 0 Å². The highest BCUT2D eigenvalue weighted by Crippen LogP contribution is 2.49. The Balaban J connectivity index is 1.49. The molecule has 2 aromatic carbocycles. The van der Waals surface area contributed by atoms with E-state index in [-0.39, 0.29) is 24.1 Å². The summed E-state index contributed by atoms with van der Waals surface area (Å²) in [6, 6.07) is 12.9. The van der Waals surface area contributed by atoms with Crippen LogP contribution < -0.4 is 9.88 Å². The van der Waals surface area contributed by atoms with E-state index in [1.54, 1.807) is 12.1 Å². The Bertz CT molecular complexity index is 890. The van der Waals surface area contributed by atoms with Crippen molar-refractivity contribution in [1.29, 1.82) is 0 Å². The van der Waals surface area contributed by atoms with Crippen LogP contribution in [-0.4, -0.2) is 27.6 Å². The Hall–Kier alpha value is -2.09. The molecule has 0 radical (unpaired) electrons. The SMILES string of the molecule is NS(=O)(=O)c1ccc(OCCOC(=O)C2(c3ccc(Cl)cc3)CC2)cc1. The number of ether oxygens (including phenoxy) is 2. The monoisotopic (exact) mass is 395 g/mol. The standard InChI is InChI=1S/C18H18ClNO5S/c19-14-3-1-13(2-4-14)18(9-10-18)17(21)25-12-11-24-15-5-7-16(8-6-15)26(20,22)23/h1-8H,9-12H2,(H2,20,22,23). The van der Waals surface area contributed by atoms with Crippen LogP contribution in [0.4, 0.5) is 0 Å². The number of rotatable bonds is 7. The van der Waals surface area contributed by atoms with Crippen molar-refractivity contribution in [3.63, 3.8) is 0 Å². The van der Waals surface area contributed by atoms with Gasteiger partial charge in [-0.25, -0.2) is 13.6 Å². The van der Waals surface area contributed by atoms with Crippen LogP contribution in [0.25, 0.3) is 0 Å². The summed E-state index contributed by atoms with van der Waals surface area (Å²) in [5.41, 5.74) is 0.341. The van der Waals surface area contributed by atoms with E-state index in [2.05, 4.69) is 0 Å². The average Bonchev–Trinajstić information content (AvgIpc) is 3.41. The number of carbonyl (C=O) groups is 1. The van der Waals surface area contributed by atoms with Crippen LogP contribution in [-0.2, 0) is 25.0 Å². The first kappa shape index (κ1) is 18.7. The number of hydrogen-bond donors (Lipinski definition) is 1. The zero-order valence-corrected chi connectivity index (χ0v) is 15.4. The van der Waals surface area contributed by atoms with Crippen molar-refractivity contribution >= 4 is 27.6 Å². The van der Waals surface area contributed by atoms with Gasteiger partial charge in [0.1, 0.15) is 19.0 Å². The number of carbonyl (C=O) groups excluding carboxylic acids is 1. The molecule has 138 valence electrons. The summed E-state index contributed by atoms with van der Waals surface area (Å²) in [4.78, 5) is 12.4. The molecular formula is C18H18ClNO5S. The minimum Gasteiger partial charge on any atom is -0.490 e. The molecule has 3 rings (SSSR count). The van der Waals surface area contributed by atoms with Crippen LogP contribution in [0.2, 0.25) is 5.02 Å². The second-order valence-corrected chi connectivity index (χ2v) is 8.09. The fraction of sp³-hybridized carbons (Fsp3) is 0.278. The van der Waals surface area contributed by atoms with Crippen molar-refractivity contribution in [2.75, 3.05) is 13.2 Å². The fourth-order valence-corrected chi connectivity index (χ4v) is 3.30. The molecule has 0 amide bonds. The summed E-state index contributed by atoms with van der Waals surface area (Å²) < 4.78 is 33.2. The number of nitrogens with two attached hydrogens (primary N) is 1. The number of esters is 1. The van der Waals surface area contributed by atoms with Crippen LogP contribution in [0.3, 0.4) is 0 Å². The Morgan fingerprint density at radius 3 is 2.19 bits per heavy atom. The highest BCUT2D eigenvalue weighted by Gasteiger charge is 2.52. The van der Waals surface area contributed by atoms with Gasteiger partial charge in [0.15, 0.2) is 0 Å². The van der Waals surface area contributed by atoms with Gasteiger partial charge in [-0.2, -0.15) is 0 Å². The van der Waals surface area contributed by atoms with E-state index in [1.807, 2.05) is 12.1 Å². The minimum absolute atomic E-state index is 0.00918. The molecule has 8 heteroatoms. The summed E-state index contributed by atoms with van der Waals surface area (Å²) in [5.74, 6) is 0.195. The first-order valence-electron chi connectivity index (χ1n) is 8.00. The molecule has 1 aliphatic rings. The normalized spacial score (nSPS) is 15.3. The Kier molecular flexibility index (Phi) is 5.22. The third-order valence-electron chi connectivity index (χ3n) is 4.28. The van der Waals surface area contributed by atoms with E-state index in [9.17, 15) is 13.2 Å². The third kappa shape index (κ3) is 4.17. The van der Waals surface area contributed by atoms with Crippen molar-refractivity contribution < 1.29 is 22.7 Å². The van der Waals surface area contributed by atoms with Gasteiger partial charge < -0.3 is 9.47 Å². The molecule has 0 heterocycles. The fourth-order valence-electron chi connectivity index (χ4n) is 2.66. The molecule has 2 aromatic rings. The van der Waals surface area contributed by atoms with Crippen molar-refractivity contribution in [2.45, 2.75) is 23.2 Å². The van der Waals surface area contributed by atoms with E-state index in [4.69, 9.17) is 26.2 Å². The maximum Gasteiger partial charge on any atom is 0.316 e. The lowest BCUT2D eigenvalue weighted by molar-refractivity contribution is -0.147. The van der Waals surface area contributed by atoms with Gasteiger partial charge in [-0.15, -0.1) is 0 Å². The summed E-state index contributed by atoms with van der Waals surface area (Å²) in [7, 11) is -3.73. The van der Waals surface area contributed by atoms with Gasteiger partial charge in [0, 0.05) is 5.02 Å². The van der Waals surface area contributed by atoms with Crippen LogP contribution in [0.15, 0.2) is 53.4 Å². The lowest BCUT2D eigenvalue weighted by Crippen LogP contribution is -2.25. The second kappa shape index (κ2) is 7.26. The van der Waals surface area contributed by atoms with Crippen LogP contribution in [0.5, 0.6) is 5.75 Å². The van der Waals surface area contributed by atoms with E-state index in [0.29, 0.717) is 10.8 Å². The molecule has 0 atom stereocenters. The molecule has 0 bridgehead atoms. The van der Waals surface area contributed by atoms with Crippen LogP contribution in [0.1, 0.15) is 18.4 Å². The lowest BCUT2D eigenvalue weighted by atomic mass is 9.96. The van der Waals surface area contributed by atoms with Gasteiger partial charge in [0.05, 0.1) is 10.3 Å². The zero-order chi connectivity index (χ0) is 18.8. The number of sulfonamides is 1. The molecule has 0 saturated heterocycles. The molecule has 1 aliphatic carbocycles. The van der Waals surface area contributed by atoms with Gasteiger partial charge >= 0.3 is 5.97 Å². The highest BCUT2D eigenvalue weighted by molar-refractivity contribution is 7.89. The van der Waals surface area contributed by atoms with Crippen LogP contribution in [0, 0.1) is 0 Å². The topological polar surface area (TPSA) is 95.7 Å². The van der Waals surface area contributed by atoms with Crippen molar-refractivity contribution in [3.05, 3.63) is 59.1 Å². The largest absolute Gasteiger partial charge is 0.490 e. The maximum absolute atomic E-state index is 12.4. The Labute approximate surface area is 156 Å². The zero-order valence-electron chi connectivity index (χ0n) is 13.9. The summed E-state index contributed by atoms with van der Waals surface area (Å²) >= 11 is 5.88. The van der Waals surface area contributed by atoms with Crippen molar-refractivity contribution in [2.24, 2.45) is 5.14 Å². The Morgan fingerprint density at radius 2 is 1.65 bits per heavy atom. The van der Waals surface area contributed by atoms with Gasteiger partial charge in [0.25, 0.3) is 0 Å². The molecule has 0 aromatic heterocycles. The minimum atomic E-state index is -3.73. The first-order valence-corrected chi connectivity index (χ1v) is 9.93. The number of hydrogen-bond acceptors (Lipinski definition) is 5. The number of halogens is 1. The van der Waals surface area contributed by atoms with E-state index in [0.717, 1.165) is 18.4 Å². The van der Waals surface area contributed by atoms with Gasteiger partial charge in [-0.05, 0) is 54.8 Å². The molecule has 1 saturated carbocycles. The average molecular weight is 396 g/mol. The molecule has 6 nitrogen and oxygen atoms in total. The molecule has 0 spiro atoms. The quantitative estimate of drug-likeness (QED) is 0.574. The summed E-state index contributed by atoms with van der Waals surface area (Å²) in [5, 5.41) is 5.66. The number of benzene rings is 2. The predicted octanol–water partition coefficient (Wildman–Crippen LogP) is 2.64. The van der Waals surface area contributed by atoms with Gasteiger partial charge in [-0.1, -0.05) is 23.7 Å². The van der Waals surface area contributed by atoms with Crippen LogP contribution >= 0.6 is 11.6 Å². The lowest BCUT2D eigenvalue weighted by Gasteiger charge is -2.15. The second-order valence-electron chi connectivity index (χ2n) is 6.09. The van der Waals surface area contributed by atoms with Crippen molar-refractivity contribution in [3.8, 4) is 5.75 Å². The molecule has 0 aliphatic heterocycles. The maximum atomic E-state index is 12.4. The highest BCUT2D eigenvalue weighted by atomic mass is 35.5. The van der Waals surface area contributed by atoms with Gasteiger partial charge in [0.2, 0.25) is 10.0 Å². The molecular weight excluding hydrogens is 378 g/mol. The van der Waals surface area contributed by atoms with Gasteiger partial charge in [-0.3, -0.25) is 4.79 Å². The molecule has 1 fully saturated rings. The van der Waals surface area contributed by atoms with Crippen molar-refractivity contribution in [1.82, 2.24) is 0 Å². The molecule has 2 N–H and O–H groups in total. The molecule has 0 unspecified atom stereocenters. The predicted molar refractivity (Wildman–Crippen MR) is 96.6 cm³/mol. The summed E-state index contributed by atoms with van der Waals surface area (Å²) in [6.07, 6.45) is 1.51. The number of primary sulfonamides is 1. The van der Waals surface area contributed by atoms with E-state index < -0.39 is 15.4 Å². The first-order chi connectivity index (χ1) is 12.3. The molecule has 26 heavy (non-hydrogen) atoms. The smallest absolute Gasteiger partial charge is 0.316 e. The van der Waals surface area contributed by atoms with E-state index in [1.165, 1.54) is 24.3 Å². The third-order valence-corrected chi connectivity index (χ3v) is 5.46.